The second-order valence-corrected chi connectivity index (χ2v) is 4.79. The highest BCUT2D eigenvalue weighted by Crippen LogP contribution is 2.02. The predicted octanol–water partition coefficient (Wildman–Crippen LogP) is 1.20. The highest BCUT2D eigenvalue weighted by Gasteiger charge is 2.03. The van der Waals surface area contributed by atoms with E-state index in [0.717, 1.165) is 32.6 Å². The molecule has 0 aliphatic carbocycles. The molecule has 6 nitrogen and oxygen atoms in total. The van der Waals surface area contributed by atoms with Crippen LogP contribution in [-0.4, -0.2) is 41.3 Å². The fourth-order valence-corrected chi connectivity index (χ4v) is 2.08. The van der Waals surface area contributed by atoms with Crippen molar-refractivity contribution in [3.63, 3.8) is 0 Å². The smallest absolute Gasteiger partial charge is 0.277 e. The number of hydrogen-bond acceptors (Lipinski definition) is 5. The molecule has 114 valence electrons. The number of benzene rings is 1. The summed E-state index contributed by atoms with van der Waals surface area (Å²) in [6, 6.07) is 7.27. The summed E-state index contributed by atoms with van der Waals surface area (Å²) in [5.41, 5.74) is 0.557. The van der Waals surface area contributed by atoms with E-state index in [1.54, 1.807) is 12.1 Å². The quantitative estimate of drug-likeness (QED) is 0.703. The van der Waals surface area contributed by atoms with E-state index in [1.165, 1.54) is 4.68 Å². The molecule has 0 fully saturated rings. The number of fused-ring (bicyclic) bond motifs is 1. The first-order chi connectivity index (χ1) is 10.3. The van der Waals surface area contributed by atoms with E-state index in [2.05, 4.69) is 15.6 Å². The van der Waals surface area contributed by atoms with Gasteiger partial charge in [0.1, 0.15) is 5.52 Å². The first-order valence-corrected chi connectivity index (χ1v) is 7.44. The zero-order valence-corrected chi connectivity index (χ0v) is 12.4. The van der Waals surface area contributed by atoms with E-state index in [4.69, 9.17) is 4.74 Å². The monoisotopic (exact) mass is 290 g/mol. The molecular weight excluding hydrogens is 268 g/mol. The molecule has 0 aliphatic rings. The highest BCUT2D eigenvalue weighted by atomic mass is 16.5. The maximum Gasteiger partial charge on any atom is 0.277 e. The van der Waals surface area contributed by atoms with Gasteiger partial charge in [0, 0.05) is 19.8 Å². The summed E-state index contributed by atoms with van der Waals surface area (Å²) in [6.45, 7) is 5.75. The van der Waals surface area contributed by atoms with Crippen LogP contribution in [-0.2, 0) is 11.3 Å². The third-order valence-corrected chi connectivity index (χ3v) is 3.23. The Morgan fingerprint density at radius 2 is 2.10 bits per heavy atom. The lowest BCUT2D eigenvalue weighted by molar-refractivity contribution is 0.143. The number of ether oxygens (including phenoxy) is 1. The number of hydrogen-bond donors (Lipinski definition) is 1. The molecule has 1 aromatic carbocycles. The molecule has 0 unspecified atom stereocenters. The van der Waals surface area contributed by atoms with Crippen LogP contribution in [0.2, 0.25) is 0 Å². The summed E-state index contributed by atoms with van der Waals surface area (Å²) in [4.78, 5) is 12.2. The van der Waals surface area contributed by atoms with Gasteiger partial charge >= 0.3 is 0 Å². The summed E-state index contributed by atoms with van der Waals surface area (Å²) < 4.78 is 6.69. The van der Waals surface area contributed by atoms with Crippen molar-refractivity contribution in [1.82, 2.24) is 20.3 Å². The molecule has 1 aromatic heterocycles. The van der Waals surface area contributed by atoms with E-state index in [-0.39, 0.29) is 5.56 Å². The third-order valence-electron chi connectivity index (χ3n) is 3.23. The number of nitrogens with one attached hydrogen (secondary N) is 1. The molecule has 0 saturated heterocycles. The second kappa shape index (κ2) is 8.49. The van der Waals surface area contributed by atoms with Crippen molar-refractivity contribution < 1.29 is 4.74 Å². The number of rotatable bonds is 9. The highest BCUT2D eigenvalue weighted by molar-refractivity contribution is 5.76. The van der Waals surface area contributed by atoms with Gasteiger partial charge in [0.2, 0.25) is 0 Å². The lowest BCUT2D eigenvalue weighted by Gasteiger charge is -2.06. The average molecular weight is 290 g/mol. The van der Waals surface area contributed by atoms with Crippen molar-refractivity contribution in [2.75, 3.05) is 26.3 Å². The van der Waals surface area contributed by atoms with Crippen LogP contribution >= 0.6 is 0 Å². The van der Waals surface area contributed by atoms with Gasteiger partial charge in [-0.15, -0.1) is 5.10 Å². The summed E-state index contributed by atoms with van der Waals surface area (Å²) in [5.74, 6) is 0. The van der Waals surface area contributed by atoms with Gasteiger partial charge in [0.25, 0.3) is 5.56 Å². The van der Waals surface area contributed by atoms with Crippen molar-refractivity contribution in [2.45, 2.75) is 26.3 Å². The lowest BCUT2D eigenvalue weighted by Crippen LogP contribution is -2.30. The maximum absolute atomic E-state index is 12.2. The molecule has 0 radical (unpaired) electrons. The molecule has 2 aromatic rings. The Hall–Kier alpha value is -1.79. The van der Waals surface area contributed by atoms with Gasteiger partial charge in [0.15, 0.2) is 0 Å². The van der Waals surface area contributed by atoms with Gasteiger partial charge in [-0.1, -0.05) is 17.3 Å². The van der Waals surface area contributed by atoms with Gasteiger partial charge < -0.3 is 10.1 Å². The van der Waals surface area contributed by atoms with Crippen LogP contribution in [0.3, 0.4) is 0 Å². The van der Waals surface area contributed by atoms with Crippen molar-refractivity contribution in [3.8, 4) is 0 Å². The standard InChI is InChI=1S/C15H22N4O2/c1-2-21-12-6-5-9-16-10-11-19-15(20)13-7-3-4-8-14(13)17-18-19/h3-4,7-8,16H,2,5-6,9-12H2,1H3. The van der Waals surface area contributed by atoms with Gasteiger partial charge in [-0.05, 0) is 38.4 Å². The fourth-order valence-electron chi connectivity index (χ4n) is 2.08. The van der Waals surface area contributed by atoms with Crippen LogP contribution in [0.25, 0.3) is 10.9 Å². The van der Waals surface area contributed by atoms with Crippen LogP contribution in [0.5, 0.6) is 0 Å². The van der Waals surface area contributed by atoms with Crippen molar-refractivity contribution >= 4 is 10.9 Å². The summed E-state index contributed by atoms with van der Waals surface area (Å²) >= 11 is 0. The van der Waals surface area contributed by atoms with E-state index >= 15 is 0 Å². The largest absolute Gasteiger partial charge is 0.382 e. The minimum absolute atomic E-state index is 0.0845. The molecule has 2 rings (SSSR count). The zero-order valence-electron chi connectivity index (χ0n) is 12.4. The van der Waals surface area contributed by atoms with E-state index in [0.29, 0.717) is 24.0 Å². The normalized spacial score (nSPS) is 11.1. The van der Waals surface area contributed by atoms with Gasteiger partial charge in [-0.2, -0.15) is 0 Å². The lowest BCUT2D eigenvalue weighted by atomic mass is 10.2. The number of unbranched alkanes of at least 4 members (excludes halogenated alkanes) is 1. The van der Waals surface area contributed by atoms with Crippen molar-refractivity contribution in [2.24, 2.45) is 0 Å². The Morgan fingerprint density at radius 3 is 2.95 bits per heavy atom. The minimum Gasteiger partial charge on any atom is -0.382 e. The van der Waals surface area contributed by atoms with E-state index in [9.17, 15) is 4.79 Å². The minimum atomic E-state index is -0.0845. The Morgan fingerprint density at radius 1 is 1.24 bits per heavy atom. The topological polar surface area (TPSA) is 69.0 Å². The average Bonchev–Trinajstić information content (AvgIpc) is 2.52. The Labute approximate surface area is 124 Å². The molecule has 1 N–H and O–H groups in total. The molecule has 0 atom stereocenters. The first kappa shape index (κ1) is 15.6. The van der Waals surface area contributed by atoms with E-state index < -0.39 is 0 Å². The molecule has 0 bridgehead atoms. The third kappa shape index (κ3) is 4.61. The van der Waals surface area contributed by atoms with Gasteiger partial charge in [-0.3, -0.25) is 4.79 Å². The summed E-state index contributed by atoms with van der Waals surface area (Å²) in [6.07, 6.45) is 2.12. The van der Waals surface area contributed by atoms with Crippen LogP contribution in [0.4, 0.5) is 0 Å². The van der Waals surface area contributed by atoms with Gasteiger partial charge in [0.05, 0.1) is 11.9 Å². The summed E-state index contributed by atoms with van der Waals surface area (Å²) in [5, 5.41) is 11.9. The zero-order chi connectivity index (χ0) is 14.9. The molecule has 0 amide bonds. The number of nitrogens with zero attached hydrogens (tertiary/aromatic N) is 3. The Bertz CT molecular complexity index is 612. The maximum atomic E-state index is 12.2. The molecule has 21 heavy (non-hydrogen) atoms. The molecule has 1 heterocycles. The van der Waals surface area contributed by atoms with Crippen LogP contribution < -0.4 is 10.9 Å². The Balaban J connectivity index is 1.76. The van der Waals surface area contributed by atoms with Crippen molar-refractivity contribution in [1.29, 1.82) is 0 Å². The molecule has 0 saturated carbocycles. The van der Waals surface area contributed by atoms with Crippen LogP contribution in [0.15, 0.2) is 29.1 Å². The second-order valence-electron chi connectivity index (χ2n) is 4.79. The predicted molar refractivity (Wildman–Crippen MR) is 82.4 cm³/mol. The van der Waals surface area contributed by atoms with Crippen LogP contribution in [0.1, 0.15) is 19.8 Å². The first-order valence-electron chi connectivity index (χ1n) is 7.44. The summed E-state index contributed by atoms with van der Waals surface area (Å²) in [7, 11) is 0. The Kier molecular flexibility index (Phi) is 6.30. The SMILES string of the molecule is CCOCCCCNCCn1nnc2ccccc2c1=O. The molecule has 0 spiro atoms. The molecular formula is C15H22N4O2. The fraction of sp³-hybridized carbons (Fsp3) is 0.533. The van der Waals surface area contributed by atoms with Crippen molar-refractivity contribution in [3.05, 3.63) is 34.6 Å². The number of aromatic nitrogens is 3. The molecule has 0 aliphatic heterocycles. The van der Waals surface area contributed by atoms with Gasteiger partial charge in [-0.25, -0.2) is 4.68 Å². The van der Waals surface area contributed by atoms with Crippen LogP contribution in [0, 0.1) is 0 Å². The molecule has 6 heteroatoms. The van der Waals surface area contributed by atoms with E-state index in [1.807, 2.05) is 19.1 Å².